The maximum atomic E-state index is 13.6. The Labute approximate surface area is 176 Å². The molecule has 0 spiro atoms. The van der Waals surface area contributed by atoms with Gasteiger partial charge in [-0.1, -0.05) is 19.4 Å². The highest BCUT2D eigenvalue weighted by molar-refractivity contribution is 6.02. The molecule has 0 bridgehead atoms. The number of nitrogens with zero attached hydrogens (tertiary/aromatic N) is 1. The van der Waals surface area contributed by atoms with Gasteiger partial charge in [-0.05, 0) is 55.7 Å². The van der Waals surface area contributed by atoms with E-state index in [2.05, 4.69) is 15.5 Å². The first kappa shape index (κ1) is 21.6. The van der Waals surface area contributed by atoms with E-state index >= 15 is 0 Å². The Kier molecular flexibility index (Phi) is 7.27. The number of nitrogens with one attached hydrogen (secondary N) is 2. The van der Waals surface area contributed by atoms with E-state index in [1.54, 1.807) is 0 Å². The first-order valence-electron chi connectivity index (χ1n) is 10.3. The predicted molar refractivity (Wildman–Crippen MR) is 116 cm³/mol. The van der Waals surface area contributed by atoms with Gasteiger partial charge in [0.05, 0.1) is 12.7 Å². The molecule has 0 radical (unpaired) electrons. The zero-order valence-corrected chi connectivity index (χ0v) is 17.4. The largest absolute Gasteiger partial charge is 0.496 e. The predicted octanol–water partition coefficient (Wildman–Crippen LogP) is 3.97. The summed E-state index contributed by atoms with van der Waals surface area (Å²) in [6.07, 6.45) is 3.50. The van der Waals surface area contributed by atoms with Crippen molar-refractivity contribution < 1.29 is 18.7 Å². The Morgan fingerprint density at radius 1 is 1.17 bits per heavy atom. The lowest BCUT2D eigenvalue weighted by Gasteiger charge is -2.21. The van der Waals surface area contributed by atoms with Gasteiger partial charge < -0.3 is 20.3 Å². The number of hydrogen-bond acceptors (Lipinski definition) is 4. The third kappa shape index (κ3) is 5.28. The molecule has 1 aliphatic heterocycles. The molecule has 1 fully saturated rings. The van der Waals surface area contributed by atoms with Crippen LogP contribution in [0.5, 0.6) is 5.75 Å². The van der Waals surface area contributed by atoms with Gasteiger partial charge >= 0.3 is 0 Å². The summed E-state index contributed by atoms with van der Waals surface area (Å²) in [6, 6.07) is 10.7. The van der Waals surface area contributed by atoms with Crippen molar-refractivity contribution in [1.82, 2.24) is 5.32 Å². The minimum atomic E-state index is -0.745. The van der Waals surface area contributed by atoms with Crippen LogP contribution in [0.15, 0.2) is 42.5 Å². The standard InChI is InChI=1S/C23H28FN3O3/c1-3-7-20(26-22(28)19-14-16(24)10-11-21(19)30-2)23(29)25-17-8-6-9-18(15-17)27-12-4-5-13-27/h6,8-11,14-15,20H,3-5,7,12-13H2,1-2H3,(H,25,29)(H,26,28). The first-order valence-corrected chi connectivity index (χ1v) is 10.3. The highest BCUT2D eigenvalue weighted by Gasteiger charge is 2.23. The van der Waals surface area contributed by atoms with Crippen LogP contribution in [0.1, 0.15) is 43.0 Å². The van der Waals surface area contributed by atoms with Gasteiger partial charge in [0.1, 0.15) is 17.6 Å². The molecule has 1 unspecified atom stereocenters. The Morgan fingerprint density at radius 2 is 1.93 bits per heavy atom. The average molecular weight is 413 g/mol. The minimum Gasteiger partial charge on any atom is -0.496 e. The summed E-state index contributed by atoms with van der Waals surface area (Å²) in [4.78, 5) is 27.9. The molecule has 160 valence electrons. The summed E-state index contributed by atoms with van der Waals surface area (Å²) in [6.45, 7) is 3.96. The smallest absolute Gasteiger partial charge is 0.255 e. The highest BCUT2D eigenvalue weighted by Crippen LogP contribution is 2.24. The van der Waals surface area contributed by atoms with Gasteiger partial charge in [-0.3, -0.25) is 9.59 Å². The van der Waals surface area contributed by atoms with E-state index in [1.807, 2.05) is 31.2 Å². The maximum absolute atomic E-state index is 13.6. The number of anilines is 2. The van der Waals surface area contributed by atoms with Crippen LogP contribution in [0.25, 0.3) is 0 Å². The van der Waals surface area contributed by atoms with E-state index in [-0.39, 0.29) is 17.2 Å². The average Bonchev–Trinajstić information content (AvgIpc) is 3.28. The molecule has 6 nitrogen and oxygen atoms in total. The van der Waals surface area contributed by atoms with Gasteiger partial charge in [0, 0.05) is 24.5 Å². The lowest BCUT2D eigenvalue weighted by Crippen LogP contribution is -2.43. The normalized spacial score (nSPS) is 14.3. The van der Waals surface area contributed by atoms with Crippen molar-refractivity contribution >= 4 is 23.2 Å². The van der Waals surface area contributed by atoms with E-state index in [9.17, 15) is 14.0 Å². The van der Waals surface area contributed by atoms with Crippen molar-refractivity contribution in [2.24, 2.45) is 0 Å². The van der Waals surface area contributed by atoms with Gasteiger partial charge in [-0.25, -0.2) is 4.39 Å². The Bertz CT molecular complexity index is 897. The lowest BCUT2D eigenvalue weighted by molar-refractivity contribution is -0.118. The fourth-order valence-corrected chi connectivity index (χ4v) is 3.64. The molecular formula is C23H28FN3O3. The Hall–Kier alpha value is -3.09. The van der Waals surface area contributed by atoms with Gasteiger partial charge in [0.2, 0.25) is 5.91 Å². The topological polar surface area (TPSA) is 70.7 Å². The molecule has 1 heterocycles. The summed E-state index contributed by atoms with van der Waals surface area (Å²) >= 11 is 0. The number of hydrogen-bond donors (Lipinski definition) is 2. The van der Waals surface area contributed by atoms with Crippen molar-refractivity contribution in [2.75, 3.05) is 30.4 Å². The number of rotatable bonds is 8. The van der Waals surface area contributed by atoms with Crippen LogP contribution in [0.2, 0.25) is 0 Å². The molecule has 3 rings (SSSR count). The molecule has 7 heteroatoms. The quantitative estimate of drug-likeness (QED) is 0.687. The van der Waals surface area contributed by atoms with E-state index in [0.717, 1.165) is 24.8 Å². The van der Waals surface area contributed by atoms with Crippen molar-refractivity contribution in [3.05, 3.63) is 53.8 Å². The second kappa shape index (κ2) is 10.1. The van der Waals surface area contributed by atoms with Crippen LogP contribution in [0.4, 0.5) is 15.8 Å². The molecule has 0 aromatic heterocycles. The van der Waals surface area contributed by atoms with E-state index in [4.69, 9.17) is 4.74 Å². The number of carbonyl (C=O) groups excluding carboxylic acids is 2. The lowest BCUT2D eigenvalue weighted by atomic mass is 10.1. The second-order valence-electron chi connectivity index (χ2n) is 7.39. The molecule has 2 aromatic rings. The van der Waals surface area contributed by atoms with Gasteiger partial charge in [-0.15, -0.1) is 0 Å². The summed E-state index contributed by atoms with van der Waals surface area (Å²) in [5.41, 5.74) is 1.82. The van der Waals surface area contributed by atoms with Crippen LogP contribution in [0.3, 0.4) is 0 Å². The van der Waals surface area contributed by atoms with E-state index < -0.39 is 17.8 Å². The first-order chi connectivity index (χ1) is 14.5. The third-order valence-corrected chi connectivity index (χ3v) is 5.19. The van der Waals surface area contributed by atoms with E-state index in [0.29, 0.717) is 18.5 Å². The maximum Gasteiger partial charge on any atom is 0.255 e. The number of benzene rings is 2. The Morgan fingerprint density at radius 3 is 2.63 bits per heavy atom. The van der Waals surface area contributed by atoms with Crippen LogP contribution in [0, 0.1) is 5.82 Å². The molecule has 0 saturated carbocycles. The number of methoxy groups -OCH3 is 1. The molecule has 2 N–H and O–H groups in total. The van der Waals surface area contributed by atoms with Crippen molar-refractivity contribution in [2.45, 2.75) is 38.6 Å². The van der Waals surface area contributed by atoms with Gasteiger partial charge in [-0.2, -0.15) is 0 Å². The number of carbonyl (C=O) groups is 2. The molecule has 0 aliphatic carbocycles. The molecule has 1 saturated heterocycles. The SMILES string of the molecule is CCCC(NC(=O)c1cc(F)ccc1OC)C(=O)Nc1cccc(N2CCCC2)c1. The monoisotopic (exact) mass is 413 g/mol. The summed E-state index contributed by atoms with van der Waals surface area (Å²) in [5, 5.41) is 5.62. The third-order valence-electron chi connectivity index (χ3n) is 5.19. The summed E-state index contributed by atoms with van der Waals surface area (Å²) in [7, 11) is 1.41. The van der Waals surface area contributed by atoms with Crippen LogP contribution >= 0.6 is 0 Å². The van der Waals surface area contributed by atoms with Crippen LogP contribution in [-0.2, 0) is 4.79 Å². The zero-order valence-electron chi connectivity index (χ0n) is 17.4. The van der Waals surface area contributed by atoms with E-state index in [1.165, 1.54) is 32.1 Å². The van der Waals surface area contributed by atoms with Crippen molar-refractivity contribution in [3.63, 3.8) is 0 Å². The second-order valence-corrected chi connectivity index (χ2v) is 7.39. The molecule has 30 heavy (non-hydrogen) atoms. The molecule has 2 amide bonds. The van der Waals surface area contributed by atoms with Crippen LogP contribution < -0.4 is 20.3 Å². The fourth-order valence-electron chi connectivity index (χ4n) is 3.64. The molecule has 1 aliphatic rings. The van der Waals surface area contributed by atoms with Crippen molar-refractivity contribution in [1.29, 1.82) is 0 Å². The van der Waals surface area contributed by atoms with Gasteiger partial charge in [0.15, 0.2) is 0 Å². The number of amides is 2. The molecule has 1 atom stereocenters. The van der Waals surface area contributed by atoms with Crippen LogP contribution in [-0.4, -0.2) is 38.1 Å². The zero-order chi connectivity index (χ0) is 21.5. The fraction of sp³-hybridized carbons (Fsp3) is 0.391. The minimum absolute atomic E-state index is 0.0578. The molecular weight excluding hydrogens is 385 g/mol. The van der Waals surface area contributed by atoms with Crippen molar-refractivity contribution in [3.8, 4) is 5.75 Å². The summed E-state index contributed by atoms with van der Waals surface area (Å²) < 4.78 is 18.8. The number of halogens is 1. The molecule has 2 aromatic carbocycles. The van der Waals surface area contributed by atoms with Gasteiger partial charge in [0.25, 0.3) is 5.91 Å². The summed E-state index contributed by atoms with van der Waals surface area (Å²) in [5.74, 6) is -1.15. The number of ether oxygens (including phenoxy) is 1. The highest BCUT2D eigenvalue weighted by atomic mass is 19.1. The Balaban J connectivity index is 1.71.